The summed E-state index contributed by atoms with van der Waals surface area (Å²) in [6.45, 7) is 7.55. The van der Waals surface area contributed by atoms with Crippen molar-refractivity contribution in [2.75, 3.05) is 13.2 Å². The minimum atomic E-state index is -0.301. The second-order valence-corrected chi connectivity index (χ2v) is 4.65. The van der Waals surface area contributed by atoms with E-state index in [1.165, 1.54) is 32.1 Å². The van der Waals surface area contributed by atoms with Crippen LogP contribution in [0.2, 0.25) is 0 Å². The summed E-state index contributed by atoms with van der Waals surface area (Å²) in [5.74, 6) is 0.301. The molecule has 0 heterocycles. The second-order valence-electron chi connectivity index (χ2n) is 4.65. The third-order valence-corrected chi connectivity index (χ3v) is 2.70. The summed E-state index contributed by atoms with van der Waals surface area (Å²) in [4.78, 5) is 0. The molecule has 1 unspecified atom stereocenters. The van der Waals surface area contributed by atoms with Gasteiger partial charge in [0.25, 0.3) is 0 Å². The highest BCUT2D eigenvalue weighted by Crippen LogP contribution is 2.06. The van der Waals surface area contributed by atoms with Gasteiger partial charge in [-0.25, -0.2) is 0 Å². The summed E-state index contributed by atoms with van der Waals surface area (Å²) in [7, 11) is 0. The number of aliphatic hydroxyl groups is 1. The molecular weight excluding hydrogens is 188 g/mol. The lowest BCUT2D eigenvalue weighted by atomic mass is 10.1. The summed E-state index contributed by atoms with van der Waals surface area (Å²) < 4.78 is 5.41. The number of ether oxygens (including phenoxy) is 1. The van der Waals surface area contributed by atoms with Crippen LogP contribution in [0.25, 0.3) is 0 Å². The Labute approximate surface area is 95.0 Å². The van der Waals surface area contributed by atoms with Gasteiger partial charge in [-0.2, -0.15) is 0 Å². The van der Waals surface area contributed by atoms with E-state index in [4.69, 9.17) is 4.74 Å². The van der Waals surface area contributed by atoms with E-state index in [1.54, 1.807) is 0 Å². The van der Waals surface area contributed by atoms with E-state index in [9.17, 15) is 5.11 Å². The van der Waals surface area contributed by atoms with Crippen LogP contribution < -0.4 is 0 Å². The lowest BCUT2D eigenvalue weighted by Crippen LogP contribution is -2.21. The molecule has 0 saturated carbocycles. The number of unbranched alkanes of at least 4 members (excludes halogenated alkanes) is 5. The molecule has 0 aliphatic rings. The zero-order valence-corrected chi connectivity index (χ0v) is 10.7. The summed E-state index contributed by atoms with van der Waals surface area (Å²) in [5, 5.41) is 9.47. The SMILES string of the molecule is CCCCCCCCOCC(O)C(C)C. The Kier molecular flexibility index (Phi) is 10.4. The predicted octanol–water partition coefficient (Wildman–Crippen LogP) is 3.38. The molecular formula is C13H28O2. The number of aliphatic hydroxyl groups excluding tert-OH is 1. The Morgan fingerprint density at radius 1 is 1.00 bits per heavy atom. The fraction of sp³-hybridized carbons (Fsp3) is 1.00. The van der Waals surface area contributed by atoms with Gasteiger partial charge in [0.1, 0.15) is 0 Å². The van der Waals surface area contributed by atoms with Crippen molar-refractivity contribution in [1.29, 1.82) is 0 Å². The fourth-order valence-electron chi connectivity index (χ4n) is 1.38. The molecule has 0 aromatic heterocycles. The van der Waals surface area contributed by atoms with E-state index >= 15 is 0 Å². The molecule has 0 aromatic rings. The van der Waals surface area contributed by atoms with Gasteiger partial charge in [-0.3, -0.25) is 0 Å². The van der Waals surface area contributed by atoms with Crippen LogP contribution in [0.15, 0.2) is 0 Å². The van der Waals surface area contributed by atoms with Gasteiger partial charge in [-0.15, -0.1) is 0 Å². The van der Waals surface area contributed by atoms with Crippen LogP contribution >= 0.6 is 0 Å². The largest absolute Gasteiger partial charge is 0.390 e. The van der Waals surface area contributed by atoms with E-state index in [1.807, 2.05) is 13.8 Å². The van der Waals surface area contributed by atoms with Crippen molar-refractivity contribution in [1.82, 2.24) is 0 Å². The van der Waals surface area contributed by atoms with Crippen LogP contribution in [0.1, 0.15) is 59.3 Å². The van der Waals surface area contributed by atoms with Gasteiger partial charge in [0.05, 0.1) is 12.7 Å². The summed E-state index contributed by atoms with van der Waals surface area (Å²) in [6, 6.07) is 0. The smallest absolute Gasteiger partial charge is 0.0796 e. The Morgan fingerprint density at radius 3 is 2.20 bits per heavy atom. The second kappa shape index (κ2) is 10.4. The molecule has 0 radical (unpaired) electrons. The standard InChI is InChI=1S/C13H28O2/c1-4-5-6-7-8-9-10-15-11-13(14)12(2)3/h12-14H,4-11H2,1-3H3. The van der Waals surface area contributed by atoms with Gasteiger partial charge in [0.15, 0.2) is 0 Å². The molecule has 0 fully saturated rings. The van der Waals surface area contributed by atoms with Crippen molar-refractivity contribution in [3.8, 4) is 0 Å². The summed E-state index contributed by atoms with van der Waals surface area (Å²) in [6.07, 6.45) is 7.43. The molecule has 0 saturated heterocycles. The zero-order valence-electron chi connectivity index (χ0n) is 10.7. The molecule has 2 heteroatoms. The third-order valence-electron chi connectivity index (χ3n) is 2.70. The Bertz CT molecular complexity index is 124. The van der Waals surface area contributed by atoms with Crippen molar-refractivity contribution in [2.24, 2.45) is 5.92 Å². The Morgan fingerprint density at radius 2 is 1.60 bits per heavy atom. The van der Waals surface area contributed by atoms with Crippen molar-refractivity contribution >= 4 is 0 Å². The minimum absolute atomic E-state index is 0.301. The third kappa shape index (κ3) is 10.2. The molecule has 92 valence electrons. The van der Waals surface area contributed by atoms with E-state index in [2.05, 4.69) is 6.92 Å². The van der Waals surface area contributed by atoms with Crippen molar-refractivity contribution in [3.63, 3.8) is 0 Å². The summed E-state index contributed by atoms with van der Waals surface area (Å²) in [5.41, 5.74) is 0. The highest BCUT2D eigenvalue weighted by Gasteiger charge is 2.08. The average molecular weight is 216 g/mol. The van der Waals surface area contributed by atoms with Crippen LogP contribution in [-0.2, 0) is 4.74 Å². The highest BCUT2D eigenvalue weighted by atomic mass is 16.5. The molecule has 0 amide bonds. The quantitative estimate of drug-likeness (QED) is 0.567. The van der Waals surface area contributed by atoms with Crippen LogP contribution in [0.5, 0.6) is 0 Å². The first kappa shape index (κ1) is 14.9. The van der Waals surface area contributed by atoms with Gasteiger partial charge >= 0.3 is 0 Å². The maximum atomic E-state index is 9.47. The monoisotopic (exact) mass is 216 g/mol. The molecule has 1 atom stereocenters. The molecule has 0 rings (SSSR count). The van der Waals surface area contributed by atoms with Crippen LogP contribution in [0, 0.1) is 5.92 Å². The van der Waals surface area contributed by atoms with Gasteiger partial charge in [0, 0.05) is 6.61 Å². The van der Waals surface area contributed by atoms with E-state index < -0.39 is 0 Å². The topological polar surface area (TPSA) is 29.5 Å². The molecule has 15 heavy (non-hydrogen) atoms. The van der Waals surface area contributed by atoms with Crippen LogP contribution in [0.3, 0.4) is 0 Å². The zero-order chi connectivity index (χ0) is 11.5. The van der Waals surface area contributed by atoms with E-state index in [0.29, 0.717) is 12.5 Å². The van der Waals surface area contributed by atoms with Crippen LogP contribution in [0.4, 0.5) is 0 Å². The fourth-order valence-corrected chi connectivity index (χ4v) is 1.38. The molecule has 0 aliphatic heterocycles. The Hall–Kier alpha value is -0.0800. The number of rotatable bonds is 10. The Balaban J connectivity index is 3.05. The normalized spacial score (nSPS) is 13.4. The highest BCUT2D eigenvalue weighted by molar-refractivity contribution is 4.57. The molecule has 0 bridgehead atoms. The van der Waals surface area contributed by atoms with Crippen molar-refractivity contribution in [2.45, 2.75) is 65.4 Å². The molecule has 0 aliphatic carbocycles. The first-order chi connectivity index (χ1) is 7.18. The molecule has 0 aromatic carbocycles. The lowest BCUT2D eigenvalue weighted by molar-refractivity contribution is 0.0119. The van der Waals surface area contributed by atoms with Crippen molar-refractivity contribution < 1.29 is 9.84 Å². The predicted molar refractivity (Wildman–Crippen MR) is 65.0 cm³/mol. The first-order valence-corrected chi connectivity index (χ1v) is 6.44. The van der Waals surface area contributed by atoms with E-state index in [0.717, 1.165) is 13.0 Å². The maximum absolute atomic E-state index is 9.47. The number of hydrogen-bond donors (Lipinski definition) is 1. The van der Waals surface area contributed by atoms with Gasteiger partial charge in [-0.05, 0) is 12.3 Å². The number of hydrogen-bond acceptors (Lipinski definition) is 2. The first-order valence-electron chi connectivity index (χ1n) is 6.44. The van der Waals surface area contributed by atoms with Gasteiger partial charge in [0.2, 0.25) is 0 Å². The molecule has 1 N–H and O–H groups in total. The van der Waals surface area contributed by atoms with Gasteiger partial charge < -0.3 is 9.84 Å². The molecule has 0 spiro atoms. The van der Waals surface area contributed by atoms with Crippen molar-refractivity contribution in [3.05, 3.63) is 0 Å². The van der Waals surface area contributed by atoms with E-state index in [-0.39, 0.29) is 6.10 Å². The summed E-state index contributed by atoms with van der Waals surface area (Å²) >= 11 is 0. The van der Waals surface area contributed by atoms with Gasteiger partial charge in [-0.1, -0.05) is 52.9 Å². The minimum Gasteiger partial charge on any atom is -0.390 e. The maximum Gasteiger partial charge on any atom is 0.0796 e. The average Bonchev–Trinajstić information content (AvgIpc) is 2.21. The molecule has 2 nitrogen and oxygen atoms in total. The lowest BCUT2D eigenvalue weighted by Gasteiger charge is -2.14. The van der Waals surface area contributed by atoms with Crippen LogP contribution in [-0.4, -0.2) is 24.4 Å².